The largest absolute Gasteiger partial charge is 0.307 e. The minimum Gasteiger partial charge on any atom is -0.307 e. The summed E-state index contributed by atoms with van der Waals surface area (Å²) in [6, 6.07) is 4.46. The molecule has 0 aliphatic heterocycles. The van der Waals surface area contributed by atoms with Crippen molar-refractivity contribution in [1.29, 1.82) is 0 Å². The first kappa shape index (κ1) is 13.1. The molecule has 0 saturated carbocycles. The summed E-state index contributed by atoms with van der Waals surface area (Å²) in [5.41, 5.74) is 1.58. The highest BCUT2D eigenvalue weighted by Gasteiger charge is 2.14. The molecule has 1 nitrogen and oxygen atoms in total. The average Bonchev–Trinajstić information content (AvgIpc) is 2.95. The number of hydrogen-bond acceptors (Lipinski definition) is 3. The number of halogens is 2. The predicted molar refractivity (Wildman–Crippen MR) is 83.9 cm³/mol. The molecule has 2 aromatic heterocycles. The molecule has 2 aromatic rings. The van der Waals surface area contributed by atoms with Crippen molar-refractivity contribution in [2.24, 2.45) is 0 Å². The van der Waals surface area contributed by atoms with Crippen molar-refractivity contribution in [2.75, 3.05) is 0 Å². The van der Waals surface area contributed by atoms with Gasteiger partial charge in [-0.2, -0.15) is 0 Å². The van der Waals surface area contributed by atoms with E-state index in [4.69, 9.17) is 11.6 Å². The van der Waals surface area contributed by atoms with Gasteiger partial charge in [-0.1, -0.05) is 11.6 Å². The Balaban J connectivity index is 1.55. The second-order valence-corrected chi connectivity index (χ2v) is 8.27. The molecule has 1 N–H and O–H groups in total. The van der Waals surface area contributed by atoms with Gasteiger partial charge in [0.1, 0.15) is 4.34 Å². The van der Waals surface area contributed by atoms with Crippen molar-refractivity contribution in [2.45, 2.75) is 32.4 Å². The number of aryl methyl sites for hydroxylation is 2. The topological polar surface area (TPSA) is 12.0 Å². The minimum atomic E-state index is 0.835. The van der Waals surface area contributed by atoms with E-state index in [0.717, 1.165) is 21.9 Å². The highest BCUT2D eigenvalue weighted by Crippen LogP contribution is 2.32. The summed E-state index contributed by atoms with van der Waals surface area (Å²) in [5.74, 6) is 0. The molecule has 96 valence electrons. The van der Waals surface area contributed by atoms with E-state index in [2.05, 4.69) is 33.4 Å². The SMILES string of the molecule is Clc1sc(CNCc2cc3c(s2)CCC3)cc1Br. The minimum absolute atomic E-state index is 0.835. The lowest BCUT2D eigenvalue weighted by molar-refractivity contribution is 0.708. The monoisotopic (exact) mass is 361 g/mol. The van der Waals surface area contributed by atoms with E-state index in [1.165, 1.54) is 29.0 Å². The first-order valence-corrected chi connectivity index (χ1v) is 8.77. The van der Waals surface area contributed by atoms with Crippen molar-refractivity contribution in [3.05, 3.63) is 41.1 Å². The molecular weight excluding hydrogens is 350 g/mol. The lowest BCUT2D eigenvalue weighted by Crippen LogP contribution is -2.10. The van der Waals surface area contributed by atoms with Crippen LogP contribution in [0.4, 0.5) is 0 Å². The van der Waals surface area contributed by atoms with Crippen LogP contribution in [0.1, 0.15) is 26.6 Å². The normalized spacial score (nSPS) is 14.1. The molecule has 0 radical (unpaired) electrons. The molecule has 0 fully saturated rings. The molecule has 18 heavy (non-hydrogen) atoms. The Hall–Kier alpha value is 0.130. The number of thiophene rings is 2. The van der Waals surface area contributed by atoms with Gasteiger partial charge in [0.2, 0.25) is 0 Å². The third-order valence-electron chi connectivity index (χ3n) is 3.09. The number of fused-ring (bicyclic) bond motifs is 1. The third-order valence-corrected chi connectivity index (χ3v) is 6.80. The molecule has 3 rings (SSSR count). The molecule has 0 saturated heterocycles. The molecule has 0 spiro atoms. The Morgan fingerprint density at radius 2 is 1.94 bits per heavy atom. The Kier molecular flexibility index (Phi) is 4.11. The van der Waals surface area contributed by atoms with Crippen LogP contribution in [0.5, 0.6) is 0 Å². The molecule has 1 aliphatic rings. The summed E-state index contributed by atoms with van der Waals surface area (Å²) in [7, 11) is 0. The van der Waals surface area contributed by atoms with Crippen molar-refractivity contribution in [3.63, 3.8) is 0 Å². The number of nitrogens with one attached hydrogen (secondary N) is 1. The van der Waals surface area contributed by atoms with Crippen LogP contribution in [0.15, 0.2) is 16.6 Å². The van der Waals surface area contributed by atoms with E-state index in [1.54, 1.807) is 21.8 Å². The van der Waals surface area contributed by atoms with Crippen molar-refractivity contribution in [3.8, 4) is 0 Å². The second-order valence-electron chi connectivity index (χ2n) is 4.45. The molecule has 0 atom stereocenters. The highest BCUT2D eigenvalue weighted by atomic mass is 79.9. The van der Waals surface area contributed by atoms with Gasteiger partial charge < -0.3 is 5.32 Å². The van der Waals surface area contributed by atoms with E-state index in [0.29, 0.717) is 0 Å². The Bertz CT molecular complexity index is 520. The van der Waals surface area contributed by atoms with Gasteiger partial charge in [-0.3, -0.25) is 0 Å². The predicted octanol–water partition coefficient (Wildman–Crippen LogP) is 5.00. The summed E-state index contributed by atoms with van der Waals surface area (Å²) < 4.78 is 1.84. The van der Waals surface area contributed by atoms with Crippen LogP contribution in [-0.4, -0.2) is 0 Å². The molecule has 2 heterocycles. The van der Waals surface area contributed by atoms with Crippen LogP contribution in [0.25, 0.3) is 0 Å². The van der Waals surface area contributed by atoms with Gasteiger partial charge in [0, 0.05) is 32.2 Å². The van der Waals surface area contributed by atoms with Gasteiger partial charge in [0.15, 0.2) is 0 Å². The zero-order valence-electron chi connectivity index (χ0n) is 9.76. The van der Waals surface area contributed by atoms with Crippen molar-refractivity contribution < 1.29 is 0 Å². The van der Waals surface area contributed by atoms with E-state index >= 15 is 0 Å². The van der Waals surface area contributed by atoms with Crippen LogP contribution in [-0.2, 0) is 25.9 Å². The maximum absolute atomic E-state index is 6.02. The zero-order valence-corrected chi connectivity index (χ0v) is 13.7. The second kappa shape index (κ2) is 5.63. The van der Waals surface area contributed by atoms with Gasteiger partial charge >= 0.3 is 0 Å². The third kappa shape index (κ3) is 2.83. The van der Waals surface area contributed by atoms with E-state index in [-0.39, 0.29) is 0 Å². The molecule has 0 bridgehead atoms. The van der Waals surface area contributed by atoms with Gasteiger partial charge in [0.25, 0.3) is 0 Å². The average molecular weight is 363 g/mol. The van der Waals surface area contributed by atoms with Gasteiger partial charge in [-0.05, 0) is 52.9 Å². The van der Waals surface area contributed by atoms with Crippen molar-refractivity contribution >= 4 is 50.2 Å². The van der Waals surface area contributed by atoms with E-state index in [1.807, 2.05) is 11.3 Å². The van der Waals surface area contributed by atoms with Crippen LogP contribution in [0.3, 0.4) is 0 Å². The Morgan fingerprint density at radius 1 is 1.17 bits per heavy atom. The number of hydrogen-bond donors (Lipinski definition) is 1. The van der Waals surface area contributed by atoms with Gasteiger partial charge in [0.05, 0.1) is 0 Å². The maximum Gasteiger partial charge on any atom is 0.107 e. The quantitative estimate of drug-likeness (QED) is 0.806. The van der Waals surface area contributed by atoms with Crippen LogP contribution in [0.2, 0.25) is 4.34 Å². The lowest BCUT2D eigenvalue weighted by atomic mass is 10.2. The molecule has 0 amide bonds. The van der Waals surface area contributed by atoms with E-state index < -0.39 is 0 Å². The first-order valence-electron chi connectivity index (χ1n) is 5.97. The summed E-state index contributed by atoms with van der Waals surface area (Å²) >= 11 is 13.1. The summed E-state index contributed by atoms with van der Waals surface area (Å²) in [6.07, 6.45) is 3.91. The summed E-state index contributed by atoms with van der Waals surface area (Å²) in [5, 5.41) is 3.49. The van der Waals surface area contributed by atoms with Crippen LogP contribution >= 0.6 is 50.2 Å². The first-order chi connectivity index (χ1) is 8.72. The lowest BCUT2D eigenvalue weighted by Gasteiger charge is -2.00. The Labute approximate surface area is 128 Å². The van der Waals surface area contributed by atoms with Gasteiger partial charge in [-0.25, -0.2) is 0 Å². The zero-order chi connectivity index (χ0) is 12.5. The van der Waals surface area contributed by atoms with Crippen LogP contribution in [0, 0.1) is 0 Å². The number of rotatable bonds is 4. The summed E-state index contributed by atoms with van der Waals surface area (Å²) in [4.78, 5) is 4.34. The summed E-state index contributed by atoms with van der Waals surface area (Å²) in [6.45, 7) is 1.85. The fraction of sp³-hybridized carbons (Fsp3) is 0.385. The Morgan fingerprint density at radius 3 is 2.61 bits per heavy atom. The van der Waals surface area contributed by atoms with Crippen LogP contribution < -0.4 is 5.32 Å². The molecule has 0 unspecified atom stereocenters. The molecular formula is C13H13BrClNS2. The fourth-order valence-electron chi connectivity index (χ4n) is 2.27. The standard InChI is InChI=1S/C13H13BrClNS2/c14-11-5-10(18-13(11)15)7-16-6-9-4-8-2-1-3-12(8)17-9/h4-5,16H,1-3,6-7H2. The smallest absolute Gasteiger partial charge is 0.107 e. The van der Waals surface area contributed by atoms with Crippen molar-refractivity contribution in [1.82, 2.24) is 5.32 Å². The highest BCUT2D eigenvalue weighted by molar-refractivity contribution is 9.10. The maximum atomic E-state index is 6.02. The molecule has 1 aliphatic carbocycles. The van der Waals surface area contributed by atoms with E-state index in [9.17, 15) is 0 Å². The molecule has 5 heteroatoms. The molecule has 0 aromatic carbocycles. The fourth-order valence-corrected chi connectivity index (χ4v) is 5.26. The van der Waals surface area contributed by atoms with Gasteiger partial charge in [-0.15, -0.1) is 22.7 Å².